The van der Waals surface area contributed by atoms with E-state index in [0.29, 0.717) is 11.6 Å². The van der Waals surface area contributed by atoms with Gasteiger partial charge in [0.25, 0.3) is 0 Å². The highest BCUT2D eigenvalue weighted by molar-refractivity contribution is 6.30. The van der Waals surface area contributed by atoms with E-state index in [-0.39, 0.29) is 12.1 Å². The average Bonchev–Trinajstić information content (AvgIpc) is 2.89. The third kappa shape index (κ3) is 4.37. The van der Waals surface area contributed by atoms with Gasteiger partial charge in [-0.3, -0.25) is 0 Å². The number of esters is 1. The summed E-state index contributed by atoms with van der Waals surface area (Å²) in [5.74, 6) is -0.340. The third-order valence-electron chi connectivity index (χ3n) is 3.05. The number of benzene rings is 1. The van der Waals surface area contributed by atoms with Crippen LogP contribution >= 0.6 is 11.6 Å². The van der Waals surface area contributed by atoms with Crippen LogP contribution in [0.5, 0.6) is 0 Å². The lowest BCUT2D eigenvalue weighted by atomic mass is 10.1. The molecule has 19 heavy (non-hydrogen) atoms. The van der Waals surface area contributed by atoms with Gasteiger partial charge in [-0.25, -0.2) is 4.79 Å². The van der Waals surface area contributed by atoms with Gasteiger partial charge in [-0.05, 0) is 43.0 Å². The van der Waals surface area contributed by atoms with E-state index in [9.17, 15) is 4.79 Å². The first-order chi connectivity index (χ1) is 9.15. The number of carbonyl (C=O) groups is 1. The molecule has 2 rings (SSSR count). The molecule has 1 aromatic carbocycles. The molecule has 0 aliphatic carbocycles. The quantitative estimate of drug-likeness (QED) is 0.626. The van der Waals surface area contributed by atoms with Gasteiger partial charge in [0.1, 0.15) is 6.61 Å². The van der Waals surface area contributed by atoms with Crippen molar-refractivity contribution in [1.82, 2.24) is 0 Å². The molecule has 0 N–H and O–H groups in total. The molecular weight excluding hydrogens is 264 g/mol. The second-order valence-electron chi connectivity index (χ2n) is 4.60. The molecule has 1 unspecified atom stereocenters. The van der Waals surface area contributed by atoms with Crippen LogP contribution in [0.4, 0.5) is 0 Å². The summed E-state index contributed by atoms with van der Waals surface area (Å²) in [6, 6.07) is 7.38. The molecular formula is C15H17ClO3. The highest BCUT2D eigenvalue weighted by Crippen LogP contribution is 2.18. The predicted molar refractivity (Wildman–Crippen MR) is 75.0 cm³/mol. The van der Waals surface area contributed by atoms with E-state index < -0.39 is 0 Å². The first-order valence-corrected chi connectivity index (χ1v) is 6.75. The Kier molecular flexibility index (Phi) is 5.00. The van der Waals surface area contributed by atoms with Crippen LogP contribution in [-0.4, -0.2) is 25.3 Å². The highest BCUT2D eigenvalue weighted by atomic mass is 35.5. The SMILES string of the molecule is CC(=CC(=O)OCC1CCCO1)c1cccc(Cl)c1. The van der Waals surface area contributed by atoms with E-state index in [1.165, 1.54) is 6.08 Å². The highest BCUT2D eigenvalue weighted by Gasteiger charge is 2.16. The standard InChI is InChI=1S/C15H17ClO3/c1-11(12-4-2-5-13(16)9-12)8-15(17)19-10-14-6-3-7-18-14/h2,4-5,8-9,14H,3,6-7,10H2,1H3. The van der Waals surface area contributed by atoms with Gasteiger partial charge in [-0.15, -0.1) is 0 Å². The van der Waals surface area contributed by atoms with Crippen molar-refractivity contribution in [2.75, 3.05) is 13.2 Å². The van der Waals surface area contributed by atoms with E-state index in [1.807, 2.05) is 25.1 Å². The number of rotatable bonds is 4. The second-order valence-corrected chi connectivity index (χ2v) is 5.04. The van der Waals surface area contributed by atoms with Crippen LogP contribution in [0.2, 0.25) is 5.02 Å². The zero-order valence-corrected chi connectivity index (χ0v) is 11.7. The molecule has 1 atom stereocenters. The van der Waals surface area contributed by atoms with Crippen LogP contribution in [0.15, 0.2) is 30.3 Å². The summed E-state index contributed by atoms with van der Waals surface area (Å²) < 4.78 is 10.6. The number of hydrogen-bond donors (Lipinski definition) is 0. The van der Waals surface area contributed by atoms with Crippen molar-refractivity contribution in [2.45, 2.75) is 25.9 Å². The van der Waals surface area contributed by atoms with E-state index >= 15 is 0 Å². The summed E-state index contributed by atoms with van der Waals surface area (Å²) in [5, 5.41) is 0.651. The molecule has 102 valence electrons. The zero-order chi connectivity index (χ0) is 13.7. The lowest BCUT2D eigenvalue weighted by Gasteiger charge is -2.09. The maximum atomic E-state index is 11.7. The summed E-state index contributed by atoms with van der Waals surface area (Å²) in [4.78, 5) is 11.7. The molecule has 3 nitrogen and oxygen atoms in total. The molecule has 1 aliphatic heterocycles. The Morgan fingerprint density at radius 2 is 2.42 bits per heavy atom. The molecule has 0 bridgehead atoms. The average molecular weight is 281 g/mol. The van der Waals surface area contributed by atoms with E-state index in [4.69, 9.17) is 21.1 Å². The molecule has 0 aromatic heterocycles. The fraction of sp³-hybridized carbons (Fsp3) is 0.400. The summed E-state index contributed by atoms with van der Waals surface area (Å²) in [6.45, 7) is 2.96. The van der Waals surface area contributed by atoms with Gasteiger partial charge in [-0.2, -0.15) is 0 Å². The lowest BCUT2D eigenvalue weighted by Crippen LogP contribution is -2.16. The summed E-state index contributed by atoms with van der Waals surface area (Å²) in [7, 11) is 0. The molecule has 0 amide bonds. The fourth-order valence-corrected chi connectivity index (χ4v) is 2.18. The van der Waals surface area contributed by atoms with Gasteiger partial charge in [0.05, 0.1) is 6.10 Å². The minimum absolute atomic E-state index is 0.0591. The normalized spacial score (nSPS) is 19.5. The molecule has 4 heteroatoms. The Bertz CT molecular complexity index is 476. The lowest BCUT2D eigenvalue weighted by molar-refractivity contribution is -0.140. The van der Waals surface area contributed by atoms with E-state index in [1.54, 1.807) is 6.07 Å². The number of hydrogen-bond acceptors (Lipinski definition) is 3. The molecule has 1 saturated heterocycles. The number of ether oxygens (including phenoxy) is 2. The van der Waals surface area contributed by atoms with Crippen molar-refractivity contribution in [1.29, 1.82) is 0 Å². The Morgan fingerprint density at radius 1 is 1.58 bits per heavy atom. The molecule has 1 aliphatic rings. The summed E-state index contributed by atoms with van der Waals surface area (Å²) in [6.07, 6.45) is 3.55. The van der Waals surface area contributed by atoms with Crippen LogP contribution in [0.3, 0.4) is 0 Å². The van der Waals surface area contributed by atoms with Crippen molar-refractivity contribution in [3.8, 4) is 0 Å². The molecule has 1 heterocycles. The fourth-order valence-electron chi connectivity index (χ4n) is 1.99. The van der Waals surface area contributed by atoms with Gasteiger partial charge in [0.2, 0.25) is 0 Å². The summed E-state index contributed by atoms with van der Waals surface area (Å²) in [5.41, 5.74) is 1.75. The Labute approximate surface area is 118 Å². The minimum atomic E-state index is -0.340. The molecule has 0 spiro atoms. The smallest absolute Gasteiger partial charge is 0.331 e. The van der Waals surface area contributed by atoms with Crippen LogP contribution < -0.4 is 0 Å². The second kappa shape index (κ2) is 6.73. The van der Waals surface area contributed by atoms with Crippen molar-refractivity contribution < 1.29 is 14.3 Å². The molecule has 1 aromatic rings. The topological polar surface area (TPSA) is 35.5 Å². The van der Waals surface area contributed by atoms with Crippen LogP contribution in [0.1, 0.15) is 25.3 Å². The first kappa shape index (κ1) is 14.1. The minimum Gasteiger partial charge on any atom is -0.460 e. The van der Waals surface area contributed by atoms with Crippen LogP contribution in [-0.2, 0) is 14.3 Å². The Hall–Kier alpha value is -1.32. The van der Waals surface area contributed by atoms with E-state index in [2.05, 4.69) is 0 Å². The Balaban J connectivity index is 1.90. The van der Waals surface area contributed by atoms with Gasteiger partial charge >= 0.3 is 5.97 Å². The Morgan fingerprint density at radius 3 is 3.11 bits per heavy atom. The molecule has 0 saturated carbocycles. The van der Waals surface area contributed by atoms with Crippen molar-refractivity contribution in [2.24, 2.45) is 0 Å². The maximum Gasteiger partial charge on any atom is 0.331 e. The number of halogens is 1. The van der Waals surface area contributed by atoms with Crippen LogP contribution in [0, 0.1) is 0 Å². The number of carbonyl (C=O) groups excluding carboxylic acids is 1. The zero-order valence-electron chi connectivity index (χ0n) is 10.9. The van der Waals surface area contributed by atoms with Crippen molar-refractivity contribution in [3.05, 3.63) is 40.9 Å². The van der Waals surface area contributed by atoms with Crippen LogP contribution in [0.25, 0.3) is 5.57 Å². The van der Waals surface area contributed by atoms with Gasteiger partial charge in [0.15, 0.2) is 0 Å². The summed E-state index contributed by atoms with van der Waals surface area (Å²) >= 11 is 5.91. The van der Waals surface area contributed by atoms with Gasteiger partial charge in [-0.1, -0.05) is 23.7 Å². The first-order valence-electron chi connectivity index (χ1n) is 6.38. The van der Waals surface area contributed by atoms with Gasteiger partial charge in [0, 0.05) is 17.7 Å². The van der Waals surface area contributed by atoms with Crippen molar-refractivity contribution in [3.63, 3.8) is 0 Å². The molecule has 0 radical (unpaired) electrons. The molecule has 1 fully saturated rings. The maximum absolute atomic E-state index is 11.7. The predicted octanol–water partition coefficient (Wildman–Crippen LogP) is 3.47. The third-order valence-corrected chi connectivity index (χ3v) is 3.28. The van der Waals surface area contributed by atoms with E-state index in [0.717, 1.165) is 30.6 Å². The monoisotopic (exact) mass is 280 g/mol. The van der Waals surface area contributed by atoms with Gasteiger partial charge < -0.3 is 9.47 Å². The largest absolute Gasteiger partial charge is 0.460 e. The van der Waals surface area contributed by atoms with Crippen molar-refractivity contribution >= 4 is 23.1 Å². The number of allylic oxidation sites excluding steroid dienone is 1.